The monoisotopic (exact) mass is 633 g/mol. The highest BCUT2D eigenvalue weighted by Crippen LogP contribution is 2.38. The van der Waals surface area contributed by atoms with E-state index in [0.717, 1.165) is 17.2 Å². The van der Waals surface area contributed by atoms with Gasteiger partial charge in [-0.3, -0.25) is 14.5 Å². The van der Waals surface area contributed by atoms with Gasteiger partial charge in [0, 0.05) is 30.3 Å². The first kappa shape index (κ1) is 32.8. The molecule has 3 aliphatic rings. The van der Waals surface area contributed by atoms with Gasteiger partial charge in [-0.05, 0) is 87.4 Å². The third-order valence-electron chi connectivity index (χ3n) is 9.25. The van der Waals surface area contributed by atoms with Crippen molar-refractivity contribution in [3.8, 4) is 0 Å². The largest absolute Gasteiger partial charge is 0.416 e. The van der Waals surface area contributed by atoms with E-state index in [2.05, 4.69) is 5.32 Å². The molecule has 2 aromatic carbocycles. The summed E-state index contributed by atoms with van der Waals surface area (Å²) in [4.78, 5) is 30.9. The first-order chi connectivity index (χ1) is 21.2. The Kier molecular flexibility index (Phi) is 9.49. The Labute approximate surface area is 259 Å². The van der Waals surface area contributed by atoms with Gasteiger partial charge in [-0.25, -0.2) is 0 Å². The predicted molar refractivity (Wildman–Crippen MR) is 160 cm³/mol. The van der Waals surface area contributed by atoms with Gasteiger partial charge in [0.25, 0.3) is 5.91 Å². The van der Waals surface area contributed by atoms with Gasteiger partial charge in [0.15, 0.2) is 0 Å². The van der Waals surface area contributed by atoms with E-state index in [4.69, 9.17) is 0 Å². The van der Waals surface area contributed by atoms with Gasteiger partial charge >= 0.3 is 12.4 Å². The van der Waals surface area contributed by atoms with Crippen molar-refractivity contribution >= 4 is 17.5 Å². The van der Waals surface area contributed by atoms with Crippen LogP contribution in [0.3, 0.4) is 0 Å². The normalized spacial score (nSPS) is 24.4. The lowest BCUT2D eigenvalue weighted by molar-refractivity contribution is -0.174. The fraction of sp³-hybridized carbons (Fsp3) is 0.471. The topological polar surface area (TPSA) is 52.7 Å². The van der Waals surface area contributed by atoms with Crippen molar-refractivity contribution in [1.29, 1.82) is 0 Å². The number of carbonyl (C=O) groups excluding carboxylic acids is 2. The van der Waals surface area contributed by atoms with Gasteiger partial charge in [-0.15, -0.1) is 0 Å². The Bertz CT molecular complexity index is 1480. The highest BCUT2D eigenvalue weighted by Gasteiger charge is 2.46. The molecule has 0 aromatic heterocycles. The minimum Gasteiger partial charge on any atom is -0.334 e. The van der Waals surface area contributed by atoms with Crippen molar-refractivity contribution in [3.05, 3.63) is 88.5 Å². The van der Waals surface area contributed by atoms with E-state index < -0.39 is 41.8 Å². The molecule has 5 rings (SSSR count). The van der Waals surface area contributed by atoms with Crippen molar-refractivity contribution in [3.63, 3.8) is 0 Å². The predicted octanol–water partition coefficient (Wildman–Crippen LogP) is 7.71. The SMILES string of the molecule is Cc1ccccc1C(=O)N1CCC[C@H](C(=O)Nc2ccc(C)c(C(F)(F)F)c2)[C@@H]1C1C=CC(CN2CCC[C@@H]2C(F)(F)F)=CC1. The number of anilines is 1. The van der Waals surface area contributed by atoms with Crippen LogP contribution >= 0.6 is 0 Å². The number of allylic oxidation sites excluding steroid dienone is 1. The Morgan fingerprint density at radius 3 is 2.33 bits per heavy atom. The van der Waals surface area contributed by atoms with Crippen LogP contribution in [-0.4, -0.2) is 59.5 Å². The van der Waals surface area contributed by atoms with Crippen LogP contribution in [0, 0.1) is 25.7 Å². The molecule has 45 heavy (non-hydrogen) atoms. The number of halogens is 6. The van der Waals surface area contributed by atoms with Crippen molar-refractivity contribution < 1.29 is 35.9 Å². The second-order valence-electron chi connectivity index (χ2n) is 12.3. The number of aryl methyl sites for hydroxylation is 2. The number of nitrogens with one attached hydrogen (secondary N) is 1. The minimum atomic E-state index is -4.58. The fourth-order valence-electron chi connectivity index (χ4n) is 6.95. The summed E-state index contributed by atoms with van der Waals surface area (Å²) in [6, 6.07) is 8.72. The summed E-state index contributed by atoms with van der Waals surface area (Å²) in [7, 11) is 0. The molecule has 0 spiro atoms. The molecule has 11 heteroatoms. The molecule has 2 heterocycles. The zero-order valence-corrected chi connectivity index (χ0v) is 25.2. The first-order valence-electron chi connectivity index (χ1n) is 15.3. The average Bonchev–Trinajstić information content (AvgIpc) is 3.46. The molecule has 1 N–H and O–H groups in total. The number of rotatable bonds is 6. The Morgan fingerprint density at radius 2 is 1.67 bits per heavy atom. The fourth-order valence-corrected chi connectivity index (χ4v) is 6.95. The number of hydrogen-bond donors (Lipinski definition) is 1. The number of amides is 2. The second-order valence-corrected chi connectivity index (χ2v) is 12.3. The Balaban J connectivity index is 1.40. The lowest BCUT2D eigenvalue weighted by Crippen LogP contribution is -2.55. The molecule has 5 nitrogen and oxygen atoms in total. The maximum Gasteiger partial charge on any atom is 0.416 e. The van der Waals surface area contributed by atoms with Crippen LogP contribution in [0.2, 0.25) is 0 Å². The summed E-state index contributed by atoms with van der Waals surface area (Å²) in [5.74, 6) is -1.76. The number of hydrogen-bond acceptors (Lipinski definition) is 3. The van der Waals surface area contributed by atoms with Gasteiger partial charge in [0.2, 0.25) is 5.91 Å². The molecule has 242 valence electrons. The molecule has 0 saturated carbocycles. The zero-order chi connectivity index (χ0) is 32.5. The molecular weight excluding hydrogens is 596 g/mol. The number of nitrogens with zero attached hydrogens (tertiary/aromatic N) is 2. The quantitative estimate of drug-likeness (QED) is 0.332. The highest BCUT2D eigenvalue weighted by molar-refractivity contribution is 5.98. The van der Waals surface area contributed by atoms with Gasteiger partial charge < -0.3 is 10.2 Å². The van der Waals surface area contributed by atoms with Crippen molar-refractivity contribution in [1.82, 2.24) is 9.80 Å². The number of benzene rings is 2. The summed E-state index contributed by atoms with van der Waals surface area (Å²) in [5, 5.41) is 2.68. The maximum atomic E-state index is 13.9. The van der Waals surface area contributed by atoms with E-state index in [1.807, 2.05) is 31.2 Å². The second kappa shape index (κ2) is 13.0. The van der Waals surface area contributed by atoms with Crippen LogP contribution < -0.4 is 5.32 Å². The lowest BCUT2D eigenvalue weighted by atomic mass is 9.77. The molecule has 0 radical (unpaired) electrons. The van der Waals surface area contributed by atoms with Crippen LogP contribution in [0.25, 0.3) is 0 Å². The van der Waals surface area contributed by atoms with Gasteiger partial charge in [-0.1, -0.05) is 42.5 Å². The summed E-state index contributed by atoms with van der Waals surface area (Å²) >= 11 is 0. The van der Waals surface area contributed by atoms with E-state index in [9.17, 15) is 35.9 Å². The van der Waals surface area contributed by atoms with E-state index >= 15 is 0 Å². The van der Waals surface area contributed by atoms with Crippen LogP contribution in [-0.2, 0) is 11.0 Å². The van der Waals surface area contributed by atoms with E-state index in [1.54, 1.807) is 23.1 Å². The molecule has 2 saturated heterocycles. The first-order valence-corrected chi connectivity index (χ1v) is 15.3. The van der Waals surface area contributed by atoms with Crippen molar-refractivity contribution in [2.24, 2.45) is 11.8 Å². The van der Waals surface area contributed by atoms with Crippen LogP contribution in [0.15, 0.2) is 66.3 Å². The molecule has 2 fully saturated rings. The van der Waals surface area contributed by atoms with Crippen LogP contribution in [0.1, 0.15) is 59.2 Å². The molecule has 0 bridgehead atoms. The zero-order valence-electron chi connectivity index (χ0n) is 25.2. The number of carbonyl (C=O) groups is 2. The van der Waals surface area contributed by atoms with Crippen LogP contribution in [0.5, 0.6) is 0 Å². The smallest absolute Gasteiger partial charge is 0.334 e. The molecule has 2 aromatic rings. The Morgan fingerprint density at radius 1 is 0.933 bits per heavy atom. The van der Waals surface area contributed by atoms with Gasteiger partial charge in [0.05, 0.1) is 17.5 Å². The number of piperidine rings is 1. The standard InChI is InChI=1S/C34H37F6N3O2/c1-21-7-3-4-8-26(21)32(45)43-18-5-9-27(31(44)41-25-16-11-22(2)28(19-25)33(35,36)37)30(43)24-14-12-23(13-15-24)20-42-17-6-10-29(42)34(38,39)40/h3-4,7-8,11-14,16,19,24,27,29-30H,5-6,9-10,15,17-18,20H2,1-2H3,(H,41,44)/t24?,27-,29+,30-/m0/s1. The third kappa shape index (κ3) is 7.29. The number of alkyl halides is 6. The number of likely N-dealkylation sites (tertiary alicyclic amines) is 2. The maximum absolute atomic E-state index is 13.9. The van der Waals surface area contributed by atoms with E-state index in [0.29, 0.717) is 44.3 Å². The summed E-state index contributed by atoms with van der Waals surface area (Å²) < 4.78 is 81.3. The Hall–Kier alpha value is -3.60. The molecule has 1 unspecified atom stereocenters. The van der Waals surface area contributed by atoms with E-state index in [1.165, 1.54) is 24.0 Å². The average molecular weight is 634 g/mol. The summed E-state index contributed by atoms with van der Waals surface area (Å²) in [5.41, 5.74) is 1.24. The molecule has 4 atom stereocenters. The molecular formula is C34H37F6N3O2. The van der Waals surface area contributed by atoms with Gasteiger partial charge in [-0.2, -0.15) is 26.3 Å². The van der Waals surface area contributed by atoms with Crippen molar-refractivity contribution in [2.75, 3.05) is 25.0 Å². The summed E-state index contributed by atoms with van der Waals surface area (Å²) in [6.45, 7) is 4.09. The summed E-state index contributed by atoms with van der Waals surface area (Å²) in [6.07, 6.45) is -1.43. The van der Waals surface area contributed by atoms with Gasteiger partial charge in [0.1, 0.15) is 6.04 Å². The molecule has 2 aliphatic heterocycles. The lowest BCUT2D eigenvalue weighted by Gasteiger charge is -2.44. The highest BCUT2D eigenvalue weighted by atomic mass is 19.4. The molecule has 1 aliphatic carbocycles. The van der Waals surface area contributed by atoms with Crippen molar-refractivity contribution in [2.45, 2.75) is 70.4 Å². The van der Waals surface area contributed by atoms with Crippen LogP contribution in [0.4, 0.5) is 32.0 Å². The molecule has 2 amide bonds. The minimum absolute atomic E-state index is 0.0187. The third-order valence-corrected chi connectivity index (χ3v) is 9.25. The van der Waals surface area contributed by atoms with E-state index in [-0.39, 0.29) is 36.0 Å².